The molecule has 0 radical (unpaired) electrons. The number of anilines is 1. The number of rotatable bonds is 6. The van der Waals surface area contributed by atoms with Crippen LogP contribution in [-0.2, 0) is 18.3 Å². The number of Topliss-reactive ketones (excluding diaryl/α,β-unsaturated/α-hetero) is 1. The summed E-state index contributed by atoms with van der Waals surface area (Å²) in [5.41, 5.74) is -11.3. The second-order valence-corrected chi connectivity index (χ2v) is 9.69. The number of benzene rings is 3. The maximum Gasteiger partial charge on any atom is 0.435 e. The summed E-state index contributed by atoms with van der Waals surface area (Å²) in [5.74, 6) is -1.63. The highest BCUT2D eigenvalue weighted by molar-refractivity contribution is 9.10. The normalized spacial score (nSPS) is 12.5. The van der Waals surface area contributed by atoms with Crippen LogP contribution in [0.1, 0.15) is 43.0 Å². The van der Waals surface area contributed by atoms with Crippen LogP contribution in [0.15, 0.2) is 65.1 Å². The molecule has 0 bridgehead atoms. The van der Waals surface area contributed by atoms with Crippen molar-refractivity contribution in [2.45, 2.75) is 30.6 Å². The molecule has 0 fully saturated rings. The third kappa shape index (κ3) is 6.28. The zero-order chi connectivity index (χ0) is 31.8. The topological polar surface area (TPSA) is 61.2 Å². The SMILES string of the molecule is CN(C(=O)c1ccc(C#N)cc1)c1cccc(C(=O)Cc2c(Br)cc(C(F)(C(F)(F)F)C(F)(F)F)cc2C(F)(F)F)c1. The molecule has 15 heteroatoms. The van der Waals surface area contributed by atoms with Crippen LogP contribution in [0, 0.1) is 11.3 Å². The number of alkyl halides is 10. The van der Waals surface area contributed by atoms with Crippen LogP contribution in [0.4, 0.5) is 49.6 Å². The first-order valence-electron chi connectivity index (χ1n) is 11.4. The minimum absolute atomic E-state index is 0.0979. The molecular weight excluding hydrogens is 654 g/mol. The third-order valence-corrected chi connectivity index (χ3v) is 6.85. The third-order valence-electron chi connectivity index (χ3n) is 6.14. The minimum atomic E-state index is -6.66. The second kappa shape index (κ2) is 11.4. The van der Waals surface area contributed by atoms with Crippen LogP contribution in [0.3, 0.4) is 0 Å². The second-order valence-electron chi connectivity index (χ2n) is 8.84. The number of ketones is 1. The maximum atomic E-state index is 14.5. The van der Waals surface area contributed by atoms with Crippen molar-refractivity contribution in [2.24, 2.45) is 0 Å². The van der Waals surface area contributed by atoms with Gasteiger partial charge in [0.2, 0.25) is 0 Å². The molecule has 3 rings (SSSR count). The van der Waals surface area contributed by atoms with Crippen molar-refractivity contribution in [1.29, 1.82) is 5.26 Å². The maximum absolute atomic E-state index is 14.5. The van der Waals surface area contributed by atoms with Crippen LogP contribution >= 0.6 is 15.9 Å². The molecule has 3 aromatic rings. The van der Waals surface area contributed by atoms with Gasteiger partial charge in [0.25, 0.3) is 5.91 Å². The smallest absolute Gasteiger partial charge is 0.311 e. The molecule has 0 atom stereocenters. The summed E-state index contributed by atoms with van der Waals surface area (Å²) in [6, 6.07) is 11.7. The van der Waals surface area contributed by atoms with Gasteiger partial charge in [0.15, 0.2) is 5.78 Å². The first kappa shape index (κ1) is 32.6. The number of nitrogens with zero attached hydrogens (tertiary/aromatic N) is 2. The van der Waals surface area contributed by atoms with Gasteiger partial charge in [0.1, 0.15) is 0 Å². The van der Waals surface area contributed by atoms with Crippen molar-refractivity contribution >= 4 is 33.3 Å². The lowest BCUT2D eigenvalue weighted by molar-refractivity contribution is -0.348. The van der Waals surface area contributed by atoms with Gasteiger partial charge in [-0.2, -0.15) is 44.8 Å². The molecule has 0 aromatic heterocycles. The van der Waals surface area contributed by atoms with Gasteiger partial charge in [-0.25, -0.2) is 4.39 Å². The zero-order valence-electron chi connectivity index (χ0n) is 20.8. The standard InChI is InChI=1S/C27H15BrF10N2O2/c1-40(23(42)15-7-5-14(13-39)6-8-15)18-4-2-3-16(9-18)22(41)12-19-20(25(30,31)32)10-17(11-21(19)28)24(29,26(33,34)35)27(36,37)38/h2-11H,12H2,1H3. The van der Waals surface area contributed by atoms with Gasteiger partial charge in [-0.3, -0.25) is 9.59 Å². The number of hydrogen-bond acceptors (Lipinski definition) is 3. The molecule has 4 nitrogen and oxygen atoms in total. The van der Waals surface area contributed by atoms with E-state index in [4.69, 9.17) is 5.26 Å². The first-order chi connectivity index (χ1) is 19.2. The van der Waals surface area contributed by atoms with Crippen molar-refractivity contribution < 1.29 is 53.5 Å². The molecular formula is C27H15BrF10N2O2. The number of carbonyl (C=O) groups excluding carboxylic acids is 2. The Morgan fingerprint density at radius 1 is 0.833 bits per heavy atom. The molecule has 42 heavy (non-hydrogen) atoms. The Labute approximate surface area is 239 Å². The molecule has 0 saturated heterocycles. The van der Waals surface area contributed by atoms with Crippen LogP contribution in [-0.4, -0.2) is 31.1 Å². The van der Waals surface area contributed by atoms with E-state index in [0.717, 1.165) is 11.0 Å². The zero-order valence-corrected chi connectivity index (χ0v) is 22.4. The van der Waals surface area contributed by atoms with E-state index in [1.807, 2.05) is 6.07 Å². The summed E-state index contributed by atoms with van der Waals surface area (Å²) < 4.78 is 134. The summed E-state index contributed by atoms with van der Waals surface area (Å²) >= 11 is 2.48. The van der Waals surface area contributed by atoms with Crippen molar-refractivity contribution in [1.82, 2.24) is 0 Å². The highest BCUT2D eigenvalue weighted by atomic mass is 79.9. The number of amides is 1. The predicted octanol–water partition coefficient (Wildman–Crippen LogP) is 8.33. The molecule has 1 amide bonds. The number of carbonyl (C=O) groups is 2. The lowest BCUT2D eigenvalue weighted by Gasteiger charge is -2.31. The molecule has 0 unspecified atom stereocenters. The van der Waals surface area contributed by atoms with E-state index in [1.165, 1.54) is 49.5 Å². The van der Waals surface area contributed by atoms with E-state index in [9.17, 15) is 53.5 Å². The Balaban J connectivity index is 2.01. The summed E-state index contributed by atoms with van der Waals surface area (Å²) in [5, 5.41) is 8.89. The molecule has 0 heterocycles. The van der Waals surface area contributed by atoms with E-state index in [0.29, 0.717) is 0 Å². The molecule has 3 aromatic carbocycles. The summed E-state index contributed by atoms with van der Waals surface area (Å²) in [4.78, 5) is 26.9. The van der Waals surface area contributed by atoms with E-state index in [-0.39, 0.29) is 28.4 Å². The largest absolute Gasteiger partial charge is 0.435 e. The van der Waals surface area contributed by atoms with E-state index >= 15 is 0 Å². The van der Waals surface area contributed by atoms with Gasteiger partial charge < -0.3 is 4.90 Å². The van der Waals surface area contributed by atoms with Crippen LogP contribution in [0.5, 0.6) is 0 Å². The van der Waals surface area contributed by atoms with Crippen LogP contribution < -0.4 is 4.90 Å². The van der Waals surface area contributed by atoms with Gasteiger partial charge in [-0.15, -0.1) is 0 Å². The van der Waals surface area contributed by atoms with Gasteiger partial charge in [0.05, 0.1) is 17.2 Å². The van der Waals surface area contributed by atoms with E-state index in [1.54, 1.807) is 0 Å². The Morgan fingerprint density at radius 3 is 1.90 bits per heavy atom. The van der Waals surface area contributed by atoms with Crippen molar-refractivity contribution in [3.63, 3.8) is 0 Å². The molecule has 222 valence electrons. The van der Waals surface area contributed by atoms with Gasteiger partial charge in [0, 0.05) is 40.3 Å². The Kier molecular flexibility index (Phi) is 8.84. The number of nitriles is 1. The fourth-order valence-corrected chi connectivity index (χ4v) is 4.51. The van der Waals surface area contributed by atoms with Gasteiger partial charge in [-0.1, -0.05) is 28.1 Å². The molecule has 0 spiro atoms. The van der Waals surface area contributed by atoms with Crippen molar-refractivity contribution in [2.75, 3.05) is 11.9 Å². The lowest BCUT2D eigenvalue weighted by Crippen LogP contribution is -2.50. The lowest BCUT2D eigenvalue weighted by atomic mass is 9.89. The monoisotopic (exact) mass is 668 g/mol. The molecule has 0 aliphatic heterocycles. The Hall–Kier alpha value is -3.93. The molecule has 0 aliphatic rings. The molecule has 0 saturated carbocycles. The fourth-order valence-electron chi connectivity index (χ4n) is 3.90. The molecule has 0 aliphatic carbocycles. The van der Waals surface area contributed by atoms with Crippen LogP contribution in [0.25, 0.3) is 0 Å². The minimum Gasteiger partial charge on any atom is -0.311 e. The Morgan fingerprint density at radius 2 is 1.40 bits per heavy atom. The summed E-state index contributed by atoms with van der Waals surface area (Å²) in [7, 11) is 1.33. The van der Waals surface area contributed by atoms with Crippen molar-refractivity contribution in [3.8, 4) is 6.07 Å². The average molecular weight is 669 g/mol. The highest BCUT2D eigenvalue weighted by Crippen LogP contribution is 2.54. The summed E-state index contributed by atoms with van der Waals surface area (Å²) in [6.07, 6.45) is -20.1. The number of hydrogen-bond donors (Lipinski definition) is 0. The van der Waals surface area contributed by atoms with E-state index in [2.05, 4.69) is 15.9 Å². The number of halogens is 11. The predicted molar refractivity (Wildman–Crippen MR) is 132 cm³/mol. The van der Waals surface area contributed by atoms with Gasteiger partial charge in [-0.05, 0) is 54.1 Å². The quantitative estimate of drug-likeness (QED) is 0.196. The van der Waals surface area contributed by atoms with Crippen LogP contribution in [0.2, 0.25) is 0 Å². The molecule has 0 N–H and O–H groups in total. The Bertz CT molecular complexity index is 1540. The van der Waals surface area contributed by atoms with Gasteiger partial charge >= 0.3 is 24.2 Å². The van der Waals surface area contributed by atoms with Crippen molar-refractivity contribution in [3.05, 3.63) is 98.5 Å². The highest BCUT2D eigenvalue weighted by Gasteiger charge is 2.73. The van der Waals surface area contributed by atoms with E-state index < -0.39 is 69.5 Å². The average Bonchev–Trinajstić information content (AvgIpc) is 2.90. The summed E-state index contributed by atoms with van der Waals surface area (Å²) in [6.45, 7) is 0. The first-order valence-corrected chi connectivity index (χ1v) is 12.2. The fraction of sp³-hybridized carbons (Fsp3) is 0.222.